The second-order valence-electron chi connectivity index (χ2n) is 2.97. The lowest BCUT2D eigenvalue weighted by atomic mass is 10.3. The van der Waals surface area contributed by atoms with Crippen LogP contribution in [0.15, 0.2) is 12.7 Å². The summed E-state index contributed by atoms with van der Waals surface area (Å²) in [6.45, 7) is 6.18. The number of esters is 1. The molecule has 0 spiro atoms. The fourth-order valence-corrected chi connectivity index (χ4v) is 1.48. The molecule has 0 bridgehead atoms. The van der Waals surface area contributed by atoms with Gasteiger partial charge in [-0.1, -0.05) is 24.4 Å². The van der Waals surface area contributed by atoms with Crippen LogP contribution in [0.1, 0.15) is 13.8 Å². The van der Waals surface area contributed by atoms with E-state index in [4.69, 9.17) is 4.74 Å². The van der Waals surface area contributed by atoms with Gasteiger partial charge in [0.25, 0.3) is 0 Å². The molecule has 0 aliphatic heterocycles. The molecule has 1 amide bonds. The van der Waals surface area contributed by atoms with Crippen molar-refractivity contribution in [3.05, 3.63) is 12.7 Å². The highest BCUT2D eigenvalue weighted by Crippen LogP contribution is 2.05. The van der Waals surface area contributed by atoms with E-state index in [9.17, 15) is 14.4 Å². The van der Waals surface area contributed by atoms with Crippen LogP contribution in [0.3, 0.4) is 0 Å². The van der Waals surface area contributed by atoms with Gasteiger partial charge in [0, 0.05) is 19.6 Å². The molecule has 0 rings (SSSR count). The number of carbonyl (C=O) groups is 3. The van der Waals surface area contributed by atoms with Crippen LogP contribution in [0, 0.1) is 0 Å². The van der Waals surface area contributed by atoms with Crippen LogP contribution in [0.25, 0.3) is 0 Å². The van der Waals surface area contributed by atoms with E-state index in [-0.39, 0.29) is 23.4 Å². The highest BCUT2D eigenvalue weighted by atomic mass is 32.2. The zero-order valence-electron chi connectivity index (χ0n) is 9.32. The number of hydrogen-bond donors (Lipinski definition) is 1. The van der Waals surface area contributed by atoms with Gasteiger partial charge < -0.3 is 10.1 Å². The van der Waals surface area contributed by atoms with E-state index in [2.05, 4.69) is 11.9 Å². The Morgan fingerprint density at radius 1 is 1.44 bits per heavy atom. The molecule has 0 fully saturated rings. The first-order valence-corrected chi connectivity index (χ1v) is 5.64. The molecular formula is C10H15NO4S. The highest BCUT2D eigenvalue weighted by molar-refractivity contribution is 8.13. The molecular weight excluding hydrogens is 230 g/mol. The number of thioether (sulfide) groups is 1. The van der Waals surface area contributed by atoms with Crippen molar-refractivity contribution in [3.8, 4) is 0 Å². The molecule has 5 nitrogen and oxygen atoms in total. The van der Waals surface area contributed by atoms with Crippen molar-refractivity contribution in [1.29, 1.82) is 0 Å². The minimum atomic E-state index is -0.800. The van der Waals surface area contributed by atoms with Gasteiger partial charge in [-0.25, -0.2) is 4.79 Å². The van der Waals surface area contributed by atoms with Crippen LogP contribution in [0.5, 0.6) is 0 Å². The molecule has 0 heterocycles. The molecule has 0 saturated carbocycles. The third-order valence-corrected chi connectivity index (χ3v) is 2.37. The predicted octanol–water partition coefficient (Wildman–Crippen LogP) is 0.500. The van der Waals surface area contributed by atoms with Crippen molar-refractivity contribution >= 4 is 28.8 Å². The van der Waals surface area contributed by atoms with Crippen LogP contribution in [0.2, 0.25) is 0 Å². The standard InChI is InChI=1S/C10H15NO4S/c1-4-5-15-10(14)9(11-7(2)12)6-16-8(3)13/h4,9H,1,5-6H2,2-3H3,(H,11,12)/t9-/m0/s1. The molecule has 0 aliphatic rings. The van der Waals surface area contributed by atoms with Gasteiger partial charge in [-0.3, -0.25) is 9.59 Å². The maximum atomic E-state index is 11.4. The molecule has 0 saturated heterocycles. The van der Waals surface area contributed by atoms with Gasteiger partial charge in [-0.05, 0) is 0 Å². The van der Waals surface area contributed by atoms with E-state index >= 15 is 0 Å². The molecule has 0 aromatic rings. The Balaban J connectivity index is 4.27. The Bertz CT molecular complexity index is 291. The van der Waals surface area contributed by atoms with Gasteiger partial charge in [-0.15, -0.1) is 0 Å². The zero-order chi connectivity index (χ0) is 12.6. The van der Waals surface area contributed by atoms with Gasteiger partial charge in [-0.2, -0.15) is 0 Å². The molecule has 0 unspecified atom stereocenters. The minimum Gasteiger partial charge on any atom is -0.460 e. The van der Waals surface area contributed by atoms with Crippen LogP contribution in [0.4, 0.5) is 0 Å². The summed E-state index contributed by atoms with van der Waals surface area (Å²) >= 11 is 0.963. The number of hydrogen-bond acceptors (Lipinski definition) is 5. The smallest absolute Gasteiger partial charge is 0.329 e. The van der Waals surface area contributed by atoms with E-state index in [1.54, 1.807) is 0 Å². The molecule has 0 radical (unpaired) electrons. The number of nitrogens with one attached hydrogen (secondary N) is 1. The lowest BCUT2D eigenvalue weighted by Crippen LogP contribution is -2.42. The Hall–Kier alpha value is -1.30. The van der Waals surface area contributed by atoms with Crippen molar-refractivity contribution in [2.45, 2.75) is 19.9 Å². The molecule has 16 heavy (non-hydrogen) atoms. The van der Waals surface area contributed by atoms with Gasteiger partial charge in [0.1, 0.15) is 12.6 Å². The second-order valence-corrected chi connectivity index (χ2v) is 4.17. The summed E-state index contributed by atoms with van der Waals surface area (Å²) in [5, 5.41) is 2.30. The van der Waals surface area contributed by atoms with Crippen molar-refractivity contribution in [1.82, 2.24) is 5.32 Å². The average molecular weight is 245 g/mol. The third-order valence-electron chi connectivity index (χ3n) is 1.46. The van der Waals surface area contributed by atoms with Crippen molar-refractivity contribution in [2.75, 3.05) is 12.4 Å². The second kappa shape index (κ2) is 7.92. The van der Waals surface area contributed by atoms with Crippen LogP contribution in [-0.2, 0) is 19.1 Å². The van der Waals surface area contributed by atoms with E-state index in [0.717, 1.165) is 11.8 Å². The van der Waals surface area contributed by atoms with Gasteiger partial charge in [0.15, 0.2) is 5.12 Å². The van der Waals surface area contributed by atoms with Crippen molar-refractivity contribution in [3.63, 3.8) is 0 Å². The summed E-state index contributed by atoms with van der Waals surface area (Å²) in [4.78, 5) is 33.0. The maximum absolute atomic E-state index is 11.4. The predicted molar refractivity (Wildman–Crippen MR) is 61.9 cm³/mol. The number of amides is 1. The maximum Gasteiger partial charge on any atom is 0.329 e. The van der Waals surface area contributed by atoms with Crippen LogP contribution >= 0.6 is 11.8 Å². The summed E-state index contributed by atoms with van der Waals surface area (Å²) in [5.41, 5.74) is 0. The van der Waals surface area contributed by atoms with Crippen molar-refractivity contribution in [2.24, 2.45) is 0 Å². The molecule has 1 atom stereocenters. The molecule has 1 N–H and O–H groups in total. The Kier molecular flexibility index (Phi) is 7.28. The Labute approximate surface area is 98.6 Å². The first kappa shape index (κ1) is 14.7. The first-order valence-electron chi connectivity index (χ1n) is 4.65. The summed E-state index contributed by atoms with van der Waals surface area (Å²) in [6.07, 6.45) is 1.43. The summed E-state index contributed by atoms with van der Waals surface area (Å²) < 4.78 is 4.79. The van der Waals surface area contributed by atoms with Gasteiger partial charge in [0.2, 0.25) is 5.91 Å². The third kappa shape index (κ3) is 7.05. The Morgan fingerprint density at radius 3 is 2.50 bits per heavy atom. The van der Waals surface area contributed by atoms with E-state index in [1.807, 2.05) is 0 Å². The summed E-state index contributed by atoms with van der Waals surface area (Å²) in [5.74, 6) is -0.737. The largest absolute Gasteiger partial charge is 0.460 e. The van der Waals surface area contributed by atoms with Crippen molar-refractivity contribution < 1.29 is 19.1 Å². The number of carbonyl (C=O) groups excluding carboxylic acids is 3. The zero-order valence-corrected chi connectivity index (χ0v) is 10.1. The number of rotatable bonds is 6. The highest BCUT2D eigenvalue weighted by Gasteiger charge is 2.21. The fraction of sp³-hybridized carbons (Fsp3) is 0.500. The molecule has 0 aromatic carbocycles. The molecule has 0 aromatic heterocycles. The minimum absolute atomic E-state index is 0.0830. The normalized spacial score (nSPS) is 11.4. The van der Waals surface area contributed by atoms with E-state index in [0.29, 0.717) is 0 Å². The van der Waals surface area contributed by atoms with Crippen LogP contribution in [-0.4, -0.2) is 35.4 Å². The SMILES string of the molecule is C=CCOC(=O)[C@H](CSC(C)=O)NC(C)=O. The molecule has 0 aliphatic carbocycles. The summed E-state index contributed by atoms with van der Waals surface area (Å²) in [7, 11) is 0. The summed E-state index contributed by atoms with van der Waals surface area (Å²) in [6, 6.07) is -0.800. The first-order chi connectivity index (χ1) is 7.47. The fourth-order valence-electron chi connectivity index (χ4n) is 0.856. The monoisotopic (exact) mass is 245 g/mol. The Morgan fingerprint density at radius 2 is 2.06 bits per heavy atom. The number of ether oxygens (including phenoxy) is 1. The molecule has 6 heteroatoms. The van der Waals surface area contributed by atoms with Crippen LogP contribution < -0.4 is 5.32 Å². The average Bonchev–Trinajstić information content (AvgIpc) is 2.19. The van der Waals surface area contributed by atoms with E-state index < -0.39 is 12.0 Å². The van der Waals surface area contributed by atoms with E-state index in [1.165, 1.54) is 19.9 Å². The molecule has 90 valence electrons. The lowest BCUT2D eigenvalue weighted by molar-refractivity contribution is -0.145. The van der Waals surface area contributed by atoms with Gasteiger partial charge in [0.05, 0.1) is 0 Å². The quantitative estimate of drug-likeness (QED) is 0.545. The topological polar surface area (TPSA) is 72.5 Å². The van der Waals surface area contributed by atoms with Gasteiger partial charge >= 0.3 is 5.97 Å². The lowest BCUT2D eigenvalue weighted by Gasteiger charge is -2.14.